The molecule has 1 saturated heterocycles. The van der Waals surface area contributed by atoms with E-state index in [1.807, 2.05) is 6.92 Å². The summed E-state index contributed by atoms with van der Waals surface area (Å²) in [6, 6.07) is 0.869. The predicted octanol–water partition coefficient (Wildman–Crippen LogP) is 1.91. The summed E-state index contributed by atoms with van der Waals surface area (Å²) in [5.74, 6) is 0.906. The summed E-state index contributed by atoms with van der Waals surface area (Å²) in [5.41, 5.74) is 0. The number of aryl methyl sites for hydroxylation is 1. The van der Waals surface area contributed by atoms with Crippen LogP contribution in [-0.2, 0) is 0 Å². The van der Waals surface area contributed by atoms with Crippen LogP contribution >= 0.6 is 11.5 Å². The fourth-order valence-corrected chi connectivity index (χ4v) is 3.69. The minimum atomic E-state index is 0.869. The quantitative estimate of drug-likeness (QED) is 0.805. The molecule has 1 aliphatic heterocycles. The van der Waals surface area contributed by atoms with Crippen LogP contribution in [-0.4, -0.2) is 46.5 Å². The van der Waals surface area contributed by atoms with Crippen molar-refractivity contribution in [2.24, 2.45) is 0 Å². The van der Waals surface area contributed by atoms with Crippen molar-refractivity contribution in [2.75, 3.05) is 31.1 Å². The minimum absolute atomic E-state index is 0.869. The Bertz CT molecular complexity index is 364. The van der Waals surface area contributed by atoms with Crippen molar-refractivity contribution in [3.63, 3.8) is 0 Å². The van der Waals surface area contributed by atoms with Crippen molar-refractivity contribution in [3.05, 3.63) is 5.82 Å². The molecule has 3 rings (SSSR count). The molecule has 2 fully saturated rings. The van der Waals surface area contributed by atoms with Crippen LogP contribution in [0.15, 0.2) is 0 Å². The molecule has 0 radical (unpaired) electrons. The highest BCUT2D eigenvalue weighted by Crippen LogP contribution is 2.26. The fourth-order valence-electron chi connectivity index (χ4n) is 2.96. The third-order valence-corrected chi connectivity index (χ3v) is 4.81. The van der Waals surface area contributed by atoms with Gasteiger partial charge >= 0.3 is 0 Å². The lowest BCUT2D eigenvalue weighted by atomic mass is 10.2. The molecule has 0 spiro atoms. The van der Waals surface area contributed by atoms with Gasteiger partial charge in [0.2, 0.25) is 5.13 Å². The van der Waals surface area contributed by atoms with E-state index in [1.54, 1.807) is 0 Å². The van der Waals surface area contributed by atoms with Crippen molar-refractivity contribution < 1.29 is 0 Å². The lowest BCUT2D eigenvalue weighted by Crippen LogP contribution is -2.49. The van der Waals surface area contributed by atoms with Crippen molar-refractivity contribution >= 4 is 16.7 Å². The van der Waals surface area contributed by atoms with Crippen LogP contribution in [0.3, 0.4) is 0 Å². The standard InChI is InChI=1S/C12H20N4S/c1-10-13-12(17-14-10)16-8-6-15(7-9-16)11-4-2-3-5-11/h11H,2-9H2,1H3. The van der Waals surface area contributed by atoms with E-state index < -0.39 is 0 Å². The summed E-state index contributed by atoms with van der Waals surface area (Å²) < 4.78 is 4.26. The van der Waals surface area contributed by atoms with E-state index in [1.165, 1.54) is 50.3 Å². The second-order valence-electron chi connectivity index (χ2n) is 5.09. The average Bonchev–Trinajstić information content (AvgIpc) is 3.00. The molecule has 1 aliphatic carbocycles. The van der Waals surface area contributed by atoms with Crippen molar-refractivity contribution in [2.45, 2.75) is 38.6 Å². The van der Waals surface area contributed by atoms with E-state index >= 15 is 0 Å². The maximum atomic E-state index is 4.47. The Morgan fingerprint density at radius 1 is 1.12 bits per heavy atom. The Balaban J connectivity index is 1.56. The Morgan fingerprint density at radius 2 is 1.82 bits per heavy atom. The van der Waals surface area contributed by atoms with Gasteiger partial charge in [-0.15, -0.1) is 0 Å². The molecule has 0 N–H and O–H groups in total. The molecule has 1 aromatic rings. The largest absolute Gasteiger partial charge is 0.344 e. The number of nitrogens with zero attached hydrogens (tertiary/aromatic N) is 4. The molecule has 94 valence electrons. The molecule has 1 aromatic heterocycles. The van der Waals surface area contributed by atoms with Crippen LogP contribution in [0, 0.1) is 6.92 Å². The Hall–Kier alpha value is -0.680. The molecule has 0 bridgehead atoms. The van der Waals surface area contributed by atoms with Crippen LogP contribution in [0.4, 0.5) is 5.13 Å². The van der Waals surface area contributed by atoms with Gasteiger partial charge in [0, 0.05) is 43.8 Å². The van der Waals surface area contributed by atoms with Crippen LogP contribution in [0.2, 0.25) is 0 Å². The second kappa shape index (κ2) is 4.90. The predicted molar refractivity (Wildman–Crippen MR) is 70.7 cm³/mol. The third-order valence-electron chi connectivity index (χ3n) is 3.94. The first-order valence-corrected chi connectivity index (χ1v) is 7.39. The number of aromatic nitrogens is 2. The van der Waals surface area contributed by atoms with E-state index in [0.717, 1.165) is 30.1 Å². The molecular formula is C12H20N4S. The third kappa shape index (κ3) is 2.45. The van der Waals surface area contributed by atoms with Crippen LogP contribution in [0.25, 0.3) is 0 Å². The number of rotatable bonds is 2. The molecule has 0 unspecified atom stereocenters. The van der Waals surface area contributed by atoms with Gasteiger partial charge in [-0.1, -0.05) is 12.8 Å². The van der Waals surface area contributed by atoms with Gasteiger partial charge < -0.3 is 4.90 Å². The fraction of sp³-hybridized carbons (Fsp3) is 0.833. The van der Waals surface area contributed by atoms with Gasteiger partial charge in [0.15, 0.2) is 0 Å². The van der Waals surface area contributed by atoms with Gasteiger partial charge in [-0.2, -0.15) is 4.37 Å². The Morgan fingerprint density at radius 3 is 2.41 bits per heavy atom. The molecule has 5 heteroatoms. The molecular weight excluding hydrogens is 232 g/mol. The van der Waals surface area contributed by atoms with Crippen LogP contribution in [0.5, 0.6) is 0 Å². The van der Waals surface area contributed by atoms with Crippen LogP contribution in [0.1, 0.15) is 31.5 Å². The highest BCUT2D eigenvalue weighted by Gasteiger charge is 2.26. The normalized spacial score (nSPS) is 23.5. The summed E-state index contributed by atoms with van der Waals surface area (Å²) >= 11 is 1.54. The molecule has 4 nitrogen and oxygen atoms in total. The summed E-state index contributed by atoms with van der Waals surface area (Å²) in [4.78, 5) is 9.53. The van der Waals surface area contributed by atoms with Gasteiger partial charge in [0.25, 0.3) is 0 Å². The van der Waals surface area contributed by atoms with Gasteiger partial charge in [-0.25, -0.2) is 4.98 Å². The van der Waals surface area contributed by atoms with E-state index in [9.17, 15) is 0 Å². The topological polar surface area (TPSA) is 32.3 Å². The minimum Gasteiger partial charge on any atom is -0.344 e. The highest BCUT2D eigenvalue weighted by atomic mass is 32.1. The summed E-state index contributed by atoms with van der Waals surface area (Å²) in [5, 5.41) is 1.11. The SMILES string of the molecule is Cc1nsc(N2CCN(C3CCCC3)CC2)n1. The van der Waals surface area contributed by atoms with E-state index in [2.05, 4.69) is 19.2 Å². The van der Waals surface area contributed by atoms with Gasteiger partial charge in [0.05, 0.1) is 0 Å². The number of piperazine rings is 1. The first-order valence-electron chi connectivity index (χ1n) is 6.62. The van der Waals surface area contributed by atoms with Gasteiger partial charge in [-0.05, 0) is 19.8 Å². The van der Waals surface area contributed by atoms with Crippen molar-refractivity contribution in [1.29, 1.82) is 0 Å². The van der Waals surface area contributed by atoms with E-state index in [0.29, 0.717) is 0 Å². The summed E-state index contributed by atoms with van der Waals surface area (Å²) in [7, 11) is 0. The molecule has 2 heterocycles. The summed E-state index contributed by atoms with van der Waals surface area (Å²) in [6.07, 6.45) is 5.69. The van der Waals surface area contributed by atoms with Gasteiger partial charge in [0.1, 0.15) is 5.82 Å². The smallest absolute Gasteiger partial charge is 0.205 e. The molecule has 0 atom stereocenters. The number of hydrogen-bond donors (Lipinski definition) is 0. The van der Waals surface area contributed by atoms with Gasteiger partial charge in [-0.3, -0.25) is 4.90 Å². The first kappa shape index (κ1) is 11.4. The van der Waals surface area contributed by atoms with Crippen LogP contribution < -0.4 is 4.90 Å². The van der Waals surface area contributed by atoms with Crippen molar-refractivity contribution in [1.82, 2.24) is 14.3 Å². The zero-order valence-corrected chi connectivity index (χ0v) is 11.2. The number of hydrogen-bond acceptors (Lipinski definition) is 5. The lowest BCUT2D eigenvalue weighted by Gasteiger charge is -2.37. The summed E-state index contributed by atoms with van der Waals surface area (Å²) in [6.45, 7) is 6.59. The Labute approximate surface area is 107 Å². The lowest BCUT2D eigenvalue weighted by molar-refractivity contribution is 0.187. The van der Waals surface area contributed by atoms with E-state index in [4.69, 9.17) is 0 Å². The molecule has 2 aliphatic rings. The van der Waals surface area contributed by atoms with Crippen molar-refractivity contribution in [3.8, 4) is 0 Å². The molecule has 0 aromatic carbocycles. The highest BCUT2D eigenvalue weighted by molar-refractivity contribution is 7.09. The molecule has 0 amide bonds. The second-order valence-corrected chi connectivity index (χ2v) is 5.82. The zero-order valence-electron chi connectivity index (χ0n) is 10.4. The first-order chi connectivity index (χ1) is 8.33. The Kier molecular flexibility index (Phi) is 3.29. The maximum absolute atomic E-state index is 4.47. The van der Waals surface area contributed by atoms with E-state index in [-0.39, 0.29) is 0 Å². The monoisotopic (exact) mass is 252 g/mol. The molecule has 17 heavy (non-hydrogen) atoms. The average molecular weight is 252 g/mol. The molecule has 1 saturated carbocycles. The maximum Gasteiger partial charge on any atom is 0.205 e. The number of anilines is 1. The zero-order chi connectivity index (χ0) is 11.7.